The van der Waals surface area contributed by atoms with Crippen molar-refractivity contribution in [2.45, 2.75) is 33.1 Å². The zero-order valence-electron chi connectivity index (χ0n) is 16.1. The molecule has 2 heterocycles. The third-order valence-corrected chi connectivity index (χ3v) is 4.61. The number of amides is 2. The number of hydrogen-bond acceptors (Lipinski definition) is 5. The molecular formula is C20H28N6O. The molecular weight excluding hydrogens is 340 g/mol. The van der Waals surface area contributed by atoms with Crippen LogP contribution in [0, 0.1) is 13.8 Å². The molecule has 0 atom stereocenters. The van der Waals surface area contributed by atoms with Crippen molar-refractivity contribution in [3.63, 3.8) is 0 Å². The molecule has 7 heteroatoms. The van der Waals surface area contributed by atoms with Crippen LogP contribution in [0.15, 0.2) is 30.3 Å². The predicted octanol–water partition coefficient (Wildman–Crippen LogP) is 3.32. The fourth-order valence-electron chi connectivity index (χ4n) is 3.17. The third kappa shape index (κ3) is 5.57. The quantitative estimate of drug-likeness (QED) is 0.682. The van der Waals surface area contributed by atoms with Gasteiger partial charge in [0.25, 0.3) is 0 Å². The van der Waals surface area contributed by atoms with Gasteiger partial charge in [-0.2, -0.15) is 0 Å². The van der Waals surface area contributed by atoms with E-state index in [-0.39, 0.29) is 6.03 Å². The summed E-state index contributed by atoms with van der Waals surface area (Å²) in [7, 11) is 0. The van der Waals surface area contributed by atoms with Crippen LogP contribution in [-0.4, -0.2) is 42.2 Å². The Morgan fingerprint density at radius 1 is 1.07 bits per heavy atom. The molecule has 0 bridgehead atoms. The van der Waals surface area contributed by atoms with Crippen molar-refractivity contribution in [3.05, 3.63) is 41.7 Å². The number of benzene rings is 1. The Morgan fingerprint density at radius 3 is 2.63 bits per heavy atom. The van der Waals surface area contributed by atoms with Gasteiger partial charge in [0.05, 0.1) is 0 Å². The second kappa shape index (κ2) is 9.21. The van der Waals surface area contributed by atoms with Gasteiger partial charge in [-0.05, 0) is 44.7 Å². The number of hydrogen-bond donors (Lipinski definition) is 3. The van der Waals surface area contributed by atoms with Gasteiger partial charge in [-0.1, -0.05) is 18.2 Å². The van der Waals surface area contributed by atoms with Crippen molar-refractivity contribution in [2.24, 2.45) is 0 Å². The highest BCUT2D eigenvalue weighted by Crippen LogP contribution is 2.20. The average molecular weight is 368 g/mol. The Labute approximate surface area is 160 Å². The normalized spacial score (nSPS) is 13.9. The lowest BCUT2D eigenvalue weighted by Crippen LogP contribution is -2.33. The highest BCUT2D eigenvalue weighted by atomic mass is 16.2. The smallest absolute Gasteiger partial charge is 0.319 e. The molecule has 1 aromatic heterocycles. The van der Waals surface area contributed by atoms with E-state index < -0.39 is 0 Å². The number of rotatable bonds is 6. The molecule has 1 fully saturated rings. The topological polar surface area (TPSA) is 82.2 Å². The number of nitrogens with one attached hydrogen (secondary N) is 3. The summed E-state index contributed by atoms with van der Waals surface area (Å²) in [6.45, 7) is 7.07. The van der Waals surface area contributed by atoms with Crippen LogP contribution in [0.1, 0.15) is 30.7 Å². The second-order valence-electron chi connectivity index (χ2n) is 6.83. The summed E-state index contributed by atoms with van der Waals surface area (Å²) in [4.78, 5) is 23.3. The average Bonchev–Trinajstić information content (AvgIpc) is 2.67. The summed E-state index contributed by atoms with van der Waals surface area (Å²) in [5, 5.41) is 8.99. The molecule has 1 saturated heterocycles. The van der Waals surface area contributed by atoms with E-state index in [1.165, 1.54) is 19.3 Å². The largest absolute Gasteiger partial charge is 0.368 e. The highest BCUT2D eigenvalue weighted by molar-refractivity contribution is 5.90. The number of carbonyl (C=O) groups is 1. The van der Waals surface area contributed by atoms with E-state index in [0.29, 0.717) is 13.1 Å². The summed E-state index contributed by atoms with van der Waals surface area (Å²) in [5.41, 5.74) is 1.85. The lowest BCUT2D eigenvalue weighted by Gasteiger charge is -2.28. The van der Waals surface area contributed by atoms with E-state index in [9.17, 15) is 4.79 Å². The molecule has 1 aliphatic rings. The summed E-state index contributed by atoms with van der Waals surface area (Å²) >= 11 is 0. The van der Waals surface area contributed by atoms with E-state index >= 15 is 0 Å². The zero-order valence-corrected chi connectivity index (χ0v) is 16.1. The van der Waals surface area contributed by atoms with Crippen LogP contribution in [-0.2, 0) is 0 Å². The van der Waals surface area contributed by atoms with Crippen LogP contribution in [0.3, 0.4) is 0 Å². The van der Waals surface area contributed by atoms with E-state index in [1.807, 2.05) is 44.2 Å². The first-order valence-corrected chi connectivity index (χ1v) is 9.57. The maximum Gasteiger partial charge on any atom is 0.319 e. The molecule has 27 heavy (non-hydrogen) atoms. The number of carbonyl (C=O) groups excluding carboxylic acids is 1. The molecule has 0 spiro atoms. The Morgan fingerprint density at radius 2 is 1.85 bits per heavy atom. The Balaban J connectivity index is 1.46. The molecule has 1 aromatic carbocycles. The van der Waals surface area contributed by atoms with Crippen molar-refractivity contribution < 1.29 is 4.79 Å². The minimum absolute atomic E-state index is 0.209. The standard InChI is InChI=1S/C20H28N6O/c1-15-8-4-5-9-17(15)25-20(27)22-11-10-21-18-14-19(24-16(2)23-18)26-12-6-3-7-13-26/h4-5,8-9,14H,3,6-7,10-13H2,1-2H3,(H,21,23,24)(H2,22,25,27). The van der Waals surface area contributed by atoms with E-state index in [1.54, 1.807) is 0 Å². The monoisotopic (exact) mass is 368 g/mol. The molecule has 0 unspecified atom stereocenters. The second-order valence-corrected chi connectivity index (χ2v) is 6.83. The van der Waals surface area contributed by atoms with Crippen molar-refractivity contribution in [2.75, 3.05) is 41.7 Å². The van der Waals surface area contributed by atoms with Gasteiger partial charge in [0.2, 0.25) is 0 Å². The molecule has 0 radical (unpaired) electrons. The summed E-state index contributed by atoms with van der Waals surface area (Å²) in [6, 6.07) is 9.49. The molecule has 3 rings (SSSR count). The van der Waals surface area contributed by atoms with Crippen molar-refractivity contribution in [3.8, 4) is 0 Å². The SMILES string of the molecule is Cc1nc(NCCNC(=O)Nc2ccccc2C)cc(N2CCCCC2)n1. The lowest BCUT2D eigenvalue weighted by molar-refractivity contribution is 0.252. The van der Waals surface area contributed by atoms with Crippen LogP contribution >= 0.6 is 0 Å². The van der Waals surface area contributed by atoms with Gasteiger partial charge >= 0.3 is 6.03 Å². The first-order valence-electron chi connectivity index (χ1n) is 9.57. The summed E-state index contributed by atoms with van der Waals surface area (Å²) in [5.74, 6) is 2.53. The molecule has 144 valence electrons. The molecule has 0 aliphatic carbocycles. The highest BCUT2D eigenvalue weighted by Gasteiger charge is 2.13. The third-order valence-electron chi connectivity index (χ3n) is 4.61. The fraction of sp³-hybridized carbons (Fsp3) is 0.450. The van der Waals surface area contributed by atoms with Gasteiger partial charge in [0, 0.05) is 37.9 Å². The minimum Gasteiger partial charge on any atom is -0.368 e. The molecule has 2 aromatic rings. The van der Waals surface area contributed by atoms with Gasteiger partial charge in [0.1, 0.15) is 17.5 Å². The Kier molecular flexibility index (Phi) is 6.46. The molecule has 3 N–H and O–H groups in total. The molecule has 7 nitrogen and oxygen atoms in total. The first kappa shape index (κ1) is 18.9. The minimum atomic E-state index is -0.209. The van der Waals surface area contributed by atoms with Crippen LogP contribution in [0.4, 0.5) is 22.1 Å². The molecule has 0 saturated carbocycles. The van der Waals surface area contributed by atoms with E-state index in [4.69, 9.17) is 0 Å². The number of aryl methyl sites for hydroxylation is 2. The van der Waals surface area contributed by atoms with Crippen LogP contribution < -0.4 is 20.9 Å². The maximum absolute atomic E-state index is 12.0. The van der Waals surface area contributed by atoms with Gasteiger partial charge in [0.15, 0.2) is 0 Å². The Bertz CT molecular complexity index is 773. The number of nitrogens with zero attached hydrogens (tertiary/aromatic N) is 3. The zero-order chi connectivity index (χ0) is 19.1. The first-order chi connectivity index (χ1) is 13.1. The number of anilines is 3. The van der Waals surface area contributed by atoms with E-state index in [2.05, 4.69) is 30.8 Å². The molecule has 2 amide bonds. The summed E-state index contributed by atoms with van der Waals surface area (Å²) in [6.07, 6.45) is 3.72. The number of aromatic nitrogens is 2. The van der Waals surface area contributed by atoms with Crippen LogP contribution in [0.2, 0.25) is 0 Å². The van der Waals surface area contributed by atoms with Gasteiger partial charge < -0.3 is 20.9 Å². The van der Waals surface area contributed by atoms with Crippen molar-refractivity contribution in [1.29, 1.82) is 0 Å². The van der Waals surface area contributed by atoms with Crippen molar-refractivity contribution >= 4 is 23.4 Å². The van der Waals surface area contributed by atoms with Gasteiger partial charge in [-0.3, -0.25) is 0 Å². The van der Waals surface area contributed by atoms with E-state index in [0.717, 1.165) is 41.8 Å². The van der Waals surface area contributed by atoms with Crippen LogP contribution in [0.5, 0.6) is 0 Å². The maximum atomic E-state index is 12.0. The predicted molar refractivity (Wildman–Crippen MR) is 110 cm³/mol. The van der Waals surface area contributed by atoms with Gasteiger partial charge in [-0.25, -0.2) is 14.8 Å². The summed E-state index contributed by atoms with van der Waals surface area (Å²) < 4.78 is 0. The lowest BCUT2D eigenvalue weighted by atomic mass is 10.1. The van der Waals surface area contributed by atoms with Gasteiger partial charge in [-0.15, -0.1) is 0 Å². The fourth-order valence-corrected chi connectivity index (χ4v) is 3.17. The van der Waals surface area contributed by atoms with Crippen LogP contribution in [0.25, 0.3) is 0 Å². The number of para-hydroxylation sites is 1. The molecule has 1 aliphatic heterocycles. The number of piperidine rings is 1. The number of urea groups is 1. The van der Waals surface area contributed by atoms with Crippen molar-refractivity contribution in [1.82, 2.24) is 15.3 Å². The Hall–Kier alpha value is -2.83.